The number of carbonyl (C=O) groups is 2. The minimum atomic E-state index is -0.880. The molecule has 4 bridgehead atoms. The third-order valence-corrected chi connectivity index (χ3v) is 9.60. The van der Waals surface area contributed by atoms with Gasteiger partial charge in [0.05, 0.1) is 37.3 Å². The van der Waals surface area contributed by atoms with Crippen molar-refractivity contribution in [3.63, 3.8) is 0 Å². The van der Waals surface area contributed by atoms with Crippen LogP contribution in [0.3, 0.4) is 0 Å². The van der Waals surface area contributed by atoms with E-state index in [2.05, 4.69) is 9.97 Å². The Labute approximate surface area is 330 Å². The highest BCUT2D eigenvalue weighted by molar-refractivity contribution is 5.87. The first-order valence-electron chi connectivity index (χ1n) is 18.7. The summed E-state index contributed by atoms with van der Waals surface area (Å²) in [6, 6.07) is 0. The molecule has 56 heavy (non-hydrogen) atoms. The van der Waals surface area contributed by atoms with Crippen LogP contribution in [0.25, 0.3) is 0 Å². The van der Waals surface area contributed by atoms with E-state index in [-0.39, 0.29) is 24.2 Å². The van der Waals surface area contributed by atoms with Crippen LogP contribution >= 0.6 is 0 Å². The number of aliphatic hydroxyl groups is 2. The van der Waals surface area contributed by atoms with Crippen LogP contribution in [-0.4, -0.2) is 83.0 Å². The second kappa shape index (κ2) is 22.6. The number of methoxy groups -OCH3 is 2. The Morgan fingerprint density at radius 2 is 1.04 bits per heavy atom. The van der Waals surface area contributed by atoms with E-state index in [0.29, 0.717) is 24.6 Å². The summed E-state index contributed by atoms with van der Waals surface area (Å²) in [6.07, 6.45) is 28.4. The lowest BCUT2D eigenvalue weighted by molar-refractivity contribution is -0.0461. The third-order valence-electron chi connectivity index (χ3n) is 9.60. The number of carbonyl (C=O) groups excluding carboxylic acids is 2. The van der Waals surface area contributed by atoms with Gasteiger partial charge in [-0.1, -0.05) is 125 Å². The zero-order valence-electron chi connectivity index (χ0n) is 33.7. The number of esters is 2. The molecule has 0 fully saturated rings. The zero-order valence-corrected chi connectivity index (χ0v) is 33.7. The molecule has 0 saturated carbocycles. The monoisotopic (exact) mass is 774 g/mol. The molecular formula is C44H58N2O10. The van der Waals surface area contributed by atoms with Crippen molar-refractivity contribution in [1.29, 1.82) is 0 Å². The van der Waals surface area contributed by atoms with Gasteiger partial charge < -0.3 is 38.0 Å². The van der Waals surface area contributed by atoms with Gasteiger partial charge in [-0.15, -0.1) is 0 Å². The highest BCUT2D eigenvalue weighted by atomic mass is 16.6. The Hall–Kier alpha value is -4.88. The maximum absolute atomic E-state index is 13.3. The molecular weight excluding hydrogens is 716 g/mol. The van der Waals surface area contributed by atoms with Crippen molar-refractivity contribution in [2.75, 3.05) is 14.2 Å². The number of nitrogens with zero attached hydrogens (tertiary/aromatic N) is 2. The first-order chi connectivity index (χ1) is 26.8. The summed E-state index contributed by atoms with van der Waals surface area (Å²) in [5.41, 5.74) is -1.66. The van der Waals surface area contributed by atoms with Crippen LogP contribution < -0.4 is 0 Å². The molecule has 2 N–H and O–H groups in total. The molecule has 1 aliphatic rings. The van der Waals surface area contributed by atoms with E-state index in [9.17, 15) is 19.8 Å². The average molecular weight is 775 g/mol. The molecule has 12 nitrogen and oxygen atoms in total. The molecule has 0 aromatic carbocycles. The van der Waals surface area contributed by atoms with Crippen molar-refractivity contribution in [1.82, 2.24) is 9.97 Å². The van der Waals surface area contributed by atoms with Gasteiger partial charge in [0.1, 0.15) is 24.7 Å². The second-order valence-corrected chi connectivity index (χ2v) is 14.4. The lowest BCUT2D eigenvalue weighted by Gasteiger charge is -2.36. The van der Waals surface area contributed by atoms with Crippen molar-refractivity contribution in [3.8, 4) is 0 Å². The summed E-state index contributed by atoms with van der Waals surface area (Å²) >= 11 is 0. The largest absolute Gasteiger partial charge is 0.457 e. The summed E-state index contributed by atoms with van der Waals surface area (Å²) in [4.78, 5) is 35.3. The Bertz CT molecular complexity index is 1640. The summed E-state index contributed by atoms with van der Waals surface area (Å²) in [6.45, 7) is 11.0. The normalized spacial score (nSPS) is 26.1. The van der Waals surface area contributed by atoms with Crippen molar-refractivity contribution < 1.29 is 47.6 Å². The quantitative estimate of drug-likeness (QED) is 0.200. The predicted molar refractivity (Wildman–Crippen MR) is 214 cm³/mol. The van der Waals surface area contributed by atoms with Crippen LogP contribution in [0.1, 0.15) is 87.1 Å². The highest BCUT2D eigenvalue weighted by Crippen LogP contribution is 2.33. The number of aliphatic hydroxyl groups excluding tert-OH is 2. The fourth-order valence-electron chi connectivity index (χ4n) is 5.62. The van der Waals surface area contributed by atoms with Gasteiger partial charge in [-0.25, -0.2) is 19.6 Å². The molecule has 0 amide bonds. The number of hydrogen-bond donors (Lipinski definition) is 2. The summed E-state index contributed by atoms with van der Waals surface area (Å²) in [5.74, 6) is -0.754. The number of ether oxygens (including phenoxy) is 4. The Morgan fingerprint density at radius 1 is 0.661 bits per heavy atom. The predicted octanol–water partition coefficient (Wildman–Crippen LogP) is 7.59. The van der Waals surface area contributed by atoms with E-state index in [1.54, 1.807) is 38.5 Å². The maximum Gasteiger partial charge on any atom is 0.360 e. The zero-order chi connectivity index (χ0) is 41.1. The number of hydrogen-bond acceptors (Lipinski definition) is 12. The molecule has 0 saturated heterocycles. The Kier molecular flexibility index (Phi) is 18.4. The van der Waals surface area contributed by atoms with E-state index >= 15 is 0 Å². The van der Waals surface area contributed by atoms with Crippen LogP contribution in [0.15, 0.2) is 119 Å². The Morgan fingerprint density at radius 3 is 1.39 bits per heavy atom. The van der Waals surface area contributed by atoms with Crippen molar-refractivity contribution in [2.45, 2.75) is 104 Å². The van der Waals surface area contributed by atoms with Crippen LogP contribution in [0.2, 0.25) is 0 Å². The van der Waals surface area contributed by atoms with Crippen LogP contribution in [-0.2, 0) is 31.8 Å². The minimum Gasteiger partial charge on any atom is -0.457 e. The van der Waals surface area contributed by atoms with Gasteiger partial charge in [-0.05, 0) is 13.8 Å². The van der Waals surface area contributed by atoms with E-state index < -0.39 is 59.4 Å². The summed E-state index contributed by atoms with van der Waals surface area (Å²) in [5, 5.41) is 21.8. The molecule has 0 aliphatic carbocycles. The molecule has 304 valence electrons. The topological polar surface area (TPSA) is 164 Å². The van der Waals surface area contributed by atoms with Gasteiger partial charge in [0, 0.05) is 37.9 Å². The fourth-order valence-corrected chi connectivity index (χ4v) is 5.62. The standard InChI is InChI=1S/C44H58N2O10/c1-9-21-35(47)43(3,4)37-25-19-15-11-13-17-23-32(52-8)28-40-46-34(30-54-40)42(50)56-38(44(5,6)36(48)22-10-2)26-20-16-12-14-18-24-31(51-7)27-39-45-33(29-53-39)41(49)55-37/h9-24,29-32,35-38,47-48H,25-28H2,1-8H3/b13-11-,14-12-,19-15-,20-16-,21-9+,22-10+,23-17-,24-18-/t31-,32-,35?,36?,37-,38-/m0/s1. The van der Waals surface area contributed by atoms with Gasteiger partial charge in [0.2, 0.25) is 0 Å². The first-order valence-corrected chi connectivity index (χ1v) is 18.7. The smallest absolute Gasteiger partial charge is 0.360 e. The summed E-state index contributed by atoms with van der Waals surface area (Å²) in [7, 11) is 3.12. The van der Waals surface area contributed by atoms with Crippen molar-refractivity contribution in [3.05, 3.63) is 133 Å². The second-order valence-electron chi connectivity index (χ2n) is 14.4. The van der Waals surface area contributed by atoms with Gasteiger partial charge >= 0.3 is 11.9 Å². The maximum atomic E-state index is 13.3. The highest BCUT2D eigenvalue weighted by Gasteiger charge is 2.39. The molecule has 0 radical (unpaired) electrons. The first kappa shape index (κ1) is 45.5. The molecule has 12 heteroatoms. The average Bonchev–Trinajstić information content (AvgIpc) is 3.85. The molecule has 0 spiro atoms. The molecule has 2 aromatic rings. The molecule has 2 aromatic heterocycles. The van der Waals surface area contributed by atoms with Gasteiger partial charge in [-0.2, -0.15) is 0 Å². The fraction of sp³-hybridized carbons (Fsp3) is 0.455. The SMILES string of the molecule is C/C=C/C(O)C(C)(C)[C@@H]1C\C=C/C=C\C=C/[C@H](OC)Cc2nc(co2)C(=O)O[C@H](C(C)(C)C(O)/C=C/C)C\C=C/C=C\C=C/[C@H](OC)Cc2nc(co2)C(=O)O1. The van der Waals surface area contributed by atoms with Crippen LogP contribution in [0.5, 0.6) is 0 Å². The number of rotatable bonds is 8. The third kappa shape index (κ3) is 13.7. The number of fused-ring (bicyclic) bond motifs is 4. The molecule has 6 atom stereocenters. The van der Waals surface area contributed by atoms with Gasteiger partial charge in [0.15, 0.2) is 23.2 Å². The van der Waals surface area contributed by atoms with E-state index in [4.69, 9.17) is 27.8 Å². The van der Waals surface area contributed by atoms with E-state index in [1.165, 1.54) is 12.5 Å². The molecule has 3 rings (SSSR count). The number of allylic oxidation sites excluding steroid dienone is 10. The number of aromatic nitrogens is 2. The van der Waals surface area contributed by atoms with Crippen molar-refractivity contribution in [2.24, 2.45) is 10.8 Å². The Balaban J connectivity index is 1.93. The summed E-state index contributed by atoms with van der Waals surface area (Å²) < 4.78 is 34.3. The van der Waals surface area contributed by atoms with Crippen LogP contribution in [0, 0.1) is 10.8 Å². The number of oxazole rings is 2. The van der Waals surface area contributed by atoms with E-state index in [1.807, 2.05) is 114 Å². The van der Waals surface area contributed by atoms with Gasteiger partial charge in [0.25, 0.3) is 0 Å². The molecule has 2 unspecified atom stereocenters. The number of cyclic esters (lactones) is 2. The van der Waals surface area contributed by atoms with E-state index in [0.717, 1.165) is 0 Å². The molecule has 1 aliphatic heterocycles. The lowest BCUT2D eigenvalue weighted by atomic mass is 9.79. The minimum absolute atomic E-state index is 0.0120. The lowest BCUT2D eigenvalue weighted by Crippen LogP contribution is -2.42. The molecule has 3 heterocycles. The van der Waals surface area contributed by atoms with Gasteiger partial charge in [-0.3, -0.25) is 0 Å². The van der Waals surface area contributed by atoms with Crippen molar-refractivity contribution >= 4 is 11.9 Å². The van der Waals surface area contributed by atoms with Crippen LogP contribution in [0.4, 0.5) is 0 Å².